The number of nitrogens with one attached hydrogen (secondary N) is 1. The Hall–Kier alpha value is -2.55. The van der Waals surface area contributed by atoms with E-state index < -0.39 is 5.97 Å². The van der Waals surface area contributed by atoms with Gasteiger partial charge in [0.1, 0.15) is 0 Å². The van der Waals surface area contributed by atoms with Crippen LogP contribution in [0.4, 0.5) is 5.69 Å². The molecule has 0 spiro atoms. The lowest BCUT2D eigenvalue weighted by atomic mass is 10.1. The third-order valence-electron chi connectivity index (χ3n) is 2.67. The van der Waals surface area contributed by atoms with Gasteiger partial charge < -0.3 is 10.4 Å². The van der Waals surface area contributed by atoms with Gasteiger partial charge in [-0.15, -0.1) is 0 Å². The molecule has 0 saturated carbocycles. The fraction of sp³-hybridized carbons (Fsp3) is 0.0625. The maximum Gasteiger partial charge on any atom is 0.333 e. The molecule has 0 aliphatic heterocycles. The summed E-state index contributed by atoms with van der Waals surface area (Å²) in [6, 6.07) is 19.0. The molecule has 0 saturated heterocycles. The first kappa shape index (κ1) is 12.9. The lowest BCUT2D eigenvalue weighted by Crippen LogP contribution is -2.12. The number of hydrogen-bond donors (Lipinski definition) is 2. The molecule has 0 radical (unpaired) electrons. The van der Waals surface area contributed by atoms with Crippen LogP contribution in [0, 0.1) is 0 Å². The van der Waals surface area contributed by atoms with Gasteiger partial charge in [-0.1, -0.05) is 48.5 Å². The van der Waals surface area contributed by atoms with Gasteiger partial charge in [0.05, 0.1) is 5.57 Å². The second-order valence-electron chi connectivity index (χ2n) is 4.10. The molecule has 96 valence electrons. The maximum atomic E-state index is 11.2. The Morgan fingerprint density at radius 2 is 1.58 bits per heavy atom. The highest BCUT2D eigenvalue weighted by atomic mass is 16.4. The van der Waals surface area contributed by atoms with Gasteiger partial charge in [0, 0.05) is 12.2 Å². The molecule has 0 unspecified atom stereocenters. The average Bonchev–Trinajstić information content (AvgIpc) is 2.45. The van der Waals surface area contributed by atoms with Crippen molar-refractivity contribution in [2.24, 2.45) is 0 Å². The molecule has 0 aliphatic carbocycles. The minimum Gasteiger partial charge on any atom is -0.478 e. The zero-order valence-electron chi connectivity index (χ0n) is 10.4. The monoisotopic (exact) mass is 253 g/mol. The highest BCUT2D eigenvalue weighted by molar-refractivity contribution is 5.93. The molecule has 0 fully saturated rings. The van der Waals surface area contributed by atoms with E-state index in [9.17, 15) is 9.90 Å². The number of anilines is 1. The van der Waals surface area contributed by atoms with E-state index in [0.29, 0.717) is 5.57 Å². The average molecular weight is 253 g/mol. The lowest BCUT2D eigenvalue weighted by molar-refractivity contribution is -0.132. The van der Waals surface area contributed by atoms with Gasteiger partial charge in [0.25, 0.3) is 0 Å². The fourth-order valence-corrected chi connectivity index (χ4v) is 1.69. The maximum absolute atomic E-state index is 11.2. The molecule has 0 aromatic heterocycles. The van der Waals surface area contributed by atoms with E-state index in [-0.39, 0.29) is 6.54 Å². The topological polar surface area (TPSA) is 49.3 Å². The number of benzene rings is 2. The molecule has 3 heteroatoms. The van der Waals surface area contributed by atoms with Crippen LogP contribution in [0.1, 0.15) is 5.56 Å². The largest absolute Gasteiger partial charge is 0.478 e. The number of carbonyl (C=O) groups is 1. The second-order valence-corrected chi connectivity index (χ2v) is 4.10. The number of aliphatic carboxylic acids is 1. The fourth-order valence-electron chi connectivity index (χ4n) is 1.69. The first-order valence-corrected chi connectivity index (χ1v) is 6.03. The molecule has 2 rings (SSSR count). The van der Waals surface area contributed by atoms with Gasteiger partial charge in [-0.25, -0.2) is 4.79 Å². The van der Waals surface area contributed by atoms with Crippen molar-refractivity contribution < 1.29 is 9.90 Å². The summed E-state index contributed by atoms with van der Waals surface area (Å²) in [4.78, 5) is 11.2. The van der Waals surface area contributed by atoms with Gasteiger partial charge in [-0.3, -0.25) is 0 Å². The van der Waals surface area contributed by atoms with E-state index in [2.05, 4.69) is 5.32 Å². The molecule has 2 aromatic carbocycles. The summed E-state index contributed by atoms with van der Waals surface area (Å²) in [5.41, 5.74) is 2.12. The minimum atomic E-state index is -0.910. The molecule has 19 heavy (non-hydrogen) atoms. The SMILES string of the molecule is O=C(O)/C(=C\c1ccccc1)CNc1ccccc1. The van der Waals surface area contributed by atoms with E-state index in [1.807, 2.05) is 60.7 Å². The van der Waals surface area contributed by atoms with E-state index in [0.717, 1.165) is 11.3 Å². The van der Waals surface area contributed by atoms with Crippen LogP contribution in [0.3, 0.4) is 0 Å². The number of hydrogen-bond acceptors (Lipinski definition) is 2. The van der Waals surface area contributed by atoms with Crippen LogP contribution < -0.4 is 5.32 Å². The minimum absolute atomic E-state index is 0.286. The summed E-state index contributed by atoms with van der Waals surface area (Å²) in [5, 5.41) is 12.3. The molecule has 0 aliphatic rings. The summed E-state index contributed by atoms with van der Waals surface area (Å²) in [7, 11) is 0. The summed E-state index contributed by atoms with van der Waals surface area (Å²) in [6.45, 7) is 0.286. The zero-order chi connectivity index (χ0) is 13.5. The molecule has 0 heterocycles. The van der Waals surface area contributed by atoms with Crippen molar-refractivity contribution in [3.05, 3.63) is 71.8 Å². The third-order valence-corrected chi connectivity index (χ3v) is 2.67. The summed E-state index contributed by atoms with van der Waals surface area (Å²) in [5.74, 6) is -0.910. The molecular weight excluding hydrogens is 238 g/mol. The molecule has 0 bridgehead atoms. The van der Waals surface area contributed by atoms with Gasteiger partial charge in [0.2, 0.25) is 0 Å². The zero-order valence-corrected chi connectivity index (χ0v) is 10.4. The first-order chi connectivity index (χ1) is 9.25. The predicted octanol–water partition coefficient (Wildman–Crippen LogP) is 3.27. The van der Waals surface area contributed by atoms with Crippen molar-refractivity contribution in [1.82, 2.24) is 0 Å². The van der Waals surface area contributed by atoms with Crippen molar-refractivity contribution in [3.8, 4) is 0 Å². The van der Waals surface area contributed by atoms with E-state index in [1.165, 1.54) is 0 Å². The molecule has 0 amide bonds. The number of rotatable bonds is 5. The molecule has 3 nitrogen and oxygen atoms in total. The van der Waals surface area contributed by atoms with Crippen LogP contribution >= 0.6 is 0 Å². The van der Waals surface area contributed by atoms with Crippen molar-refractivity contribution in [2.45, 2.75) is 0 Å². The van der Waals surface area contributed by atoms with Gasteiger partial charge in [-0.2, -0.15) is 0 Å². The summed E-state index contributed by atoms with van der Waals surface area (Å²) in [6.07, 6.45) is 1.68. The van der Waals surface area contributed by atoms with Crippen molar-refractivity contribution in [2.75, 3.05) is 11.9 Å². The Labute approximate surface area is 112 Å². The Morgan fingerprint density at radius 3 is 2.16 bits per heavy atom. The molecule has 2 aromatic rings. The summed E-state index contributed by atoms with van der Waals surface area (Å²) < 4.78 is 0. The normalized spacial score (nSPS) is 11.1. The van der Waals surface area contributed by atoms with E-state index in [4.69, 9.17) is 0 Å². The predicted molar refractivity (Wildman–Crippen MR) is 77.0 cm³/mol. The van der Waals surface area contributed by atoms with Crippen molar-refractivity contribution >= 4 is 17.7 Å². The van der Waals surface area contributed by atoms with E-state index in [1.54, 1.807) is 6.08 Å². The van der Waals surface area contributed by atoms with Gasteiger partial charge >= 0.3 is 5.97 Å². The van der Waals surface area contributed by atoms with Crippen molar-refractivity contribution in [1.29, 1.82) is 0 Å². The number of para-hydroxylation sites is 1. The Kier molecular flexibility index (Phi) is 4.34. The number of carboxylic acids is 1. The van der Waals surface area contributed by atoms with Crippen molar-refractivity contribution in [3.63, 3.8) is 0 Å². The summed E-state index contributed by atoms with van der Waals surface area (Å²) >= 11 is 0. The second kappa shape index (κ2) is 6.40. The quantitative estimate of drug-likeness (QED) is 0.804. The third kappa shape index (κ3) is 4.00. The standard InChI is InChI=1S/C16H15NO2/c18-16(19)14(11-13-7-3-1-4-8-13)12-17-15-9-5-2-6-10-15/h1-11,17H,12H2,(H,18,19)/b14-11-. The van der Waals surface area contributed by atoms with Crippen LogP contribution in [0.25, 0.3) is 6.08 Å². The molecule has 2 N–H and O–H groups in total. The molecular formula is C16H15NO2. The smallest absolute Gasteiger partial charge is 0.333 e. The van der Waals surface area contributed by atoms with E-state index >= 15 is 0 Å². The highest BCUT2D eigenvalue weighted by Crippen LogP contribution is 2.10. The lowest BCUT2D eigenvalue weighted by Gasteiger charge is -2.07. The highest BCUT2D eigenvalue weighted by Gasteiger charge is 2.06. The van der Waals surface area contributed by atoms with Gasteiger partial charge in [-0.05, 0) is 23.8 Å². The molecule has 0 atom stereocenters. The Morgan fingerprint density at radius 1 is 1.00 bits per heavy atom. The Balaban J connectivity index is 2.09. The van der Waals surface area contributed by atoms with Crippen LogP contribution in [0.5, 0.6) is 0 Å². The van der Waals surface area contributed by atoms with Crippen LogP contribution in [0.15, 0.2) is 66.2 Å². The van der Waals surface area contributed by atoms with Crippen LogP contribution in [0.2, 0.25) is 0 Å². The van der Waals surface area contributed by atoms with Gasteiger partial charge in [0.15, 0.2) is 0 Å². The van der Waals surface area contributed by atoms with Crippen LogP contribution in [-0.4, -0.2) is 17.6 Å². The number of carboxylic acid groups (broad SMARTS) is 1. The van der Waals surface area contributed by atoms with Crippen LogP contribution in [-0.2, 0) is 4.79 Å². The Bertz CT molecular complexity index is 562. The first-order valence-electron chi connectivity index (χ1n) is 6.03.